The molecule has 0 spiro atoms. The van der Waals surface area contributed by atoms with Crippen molar-refractivity contribution in [3.63, 3.8) is 0 Å². The standard InChI is InChI=1S/C22H25FN2O3/c1-22(2,16-8-10-17(23)11-9-16)21(27)25-14-12-24(13-15-25)20(26)18-6-4-5-7-19(18)28-3/h4-11H,12-15H2,1-3H3. The van der Waals surface area contributed by atoms with Gasteiger partial charge in [-0.1, -0.05) is 24.3 Å². The van der Waals surface area contributed by atoms with Crippen LogP contribution in [0, 0.1) is 5.82 Å². The number of amides is 2. The van der Waals surface area contributed by atoms with E-state index >= 15 is 0 Å². The average Bonchev–Trinajstić information content (AvgIpc) is 2.73. The summed E-state index contributed by atoms with van der Waals surface area (Å²) in [5, 5.41) is 0. The van der Waals surface area contributed by atoms with Gasteiger partial charge >= 0.3 is 0 Å². The molecular weight excluding hydrogens is 359 g/mol. The van der Waals surface area contributed by atoms with Crippen LogP contribution in [0.1, 0.15) is 29.8 Å². The summed E-state index contributed by atoms with van der Waals surface area (Å²) >= 11 is 0. The number of piperazine rings is 1. The van der Waals surface area contributed by atoms with Gasteiger partial charge in [0.05, 0.1) is 18.1 Å². The Balaban J connectivity index is 1.67. The maximum absolute atomic E-state index is 13.2. The molecule has 0 radical (unpaired) electrons. The Morgan fingerprint density at radius 3 is 2.11 bits per heavy atom. The van der Waals surface area contributed by atoms with Crippen LogP contribution in [0.25, 0.3) is 0 Å². The van der Waals surface area contributed by atoms with Gasteiger partial charge in [-0.2, -0.15) is 0 Å². The molecule has 1 aliphatic rings. The summed E-state index contributed by atoms with van der Waals surface area (Å²) in [5.41, 5.74) is 0.533. The third-order valence-electron chi connectivity index (χ3n) is 5.29. The van der Waals surface area contributed by atoms with Gasteiger partial charge in [0.25, 0.3) is 5.91 Å². The van der Waals surface area contributed by atoms with E-state index in [0.717, 1.165) is 5.56 Å². The largest absolute Gasteiger partial charge is 0.496 e. The van der Waals surface area contributed by atoms with Crippen molar-refractivity contribution in [3.8, 4) is 5.75 Å². The lowest BCUT2D eigenvalue weighted by Gasteiger charge is -2.39. The van der Waals surface area contributed by atoms with Crippen molar-refractivity contribution in [3.05, 3.63) is 65.5 Å². The molecule has 1 saturated heterocycles. The molecule has 2 aromatic rings. The van der Waals surface area contributed by atoms with Crippen LogP contribution in [0.5, 0.6) is 5.75 Å². The number of para-hydroxylation sites is 1. The second kappa shape index (κ2) is 8.00. The van der Waals surface area contributed by atoms with Crippen molar-refractivity contribution in [1.82, 2.24) is 9.80 Å². The van der Waals surface area contributed by atoms with E-state index in [4.69, 9.17) is 4.74 Å². The van der Waals surface area contributed by atoms with E-state index in [9.17, 15) is 14.0 Å². The average molecular weight is 384 g/mol. The summed E-state index contributed by atoms with van der Waals surface area (Å²) in [7, 11) is 1.54. The maximum Gasteiger partial charge on any atom is 0.257 e. The number of halogens is 1. The van der Waals surface area contributed by atoms with Crippen molar-refractivity contribution in [2.45, 2.75) is 19.3 Å². The lowest BCUT2D eigenvalue weighted by Crippen LogP contribution is -2.54. The highest BCUT2D eigenvalue weighted by atomic mass is 19.1. The van der Waals surface area contributed by atoms with Crippen LogP contribution >= 0.6 is 0 Å². The minimum atomic E-state index is -0.761. The van der Waals surface area contributed by atoms with Crippen LogP contribution in [0.4, 0.5) is 4.39 Å². The summed E-state index contributed by atoms with van der Waals surface area (Å²) in [6.45, 7) is 5.53. The summed E-state index contributed by atoms with van der Waals surface area (Å²) in [4.78, 5) is 29.4. The lowest BCUT2D eigenvalue weighted by atomic mass is 9.83. The normalized spacial score (nSPS) is 14.7. The van der Waals surface area contributed by atoms with Gasteiger partial charge in [0.15, 0.2) is 0 Å². The smallest absolute Gasteiger partial charge is 0.257 e. The van der Waals surface area contributed by atoms with E-state index in [-0.39, 0.29) is 17.6 Å². The first-order valence-electron chi connectivity index (χ1n) is 9.32. The third-order valence-corrected chi connectivity index (χ3v) is 5.29. The van der Waals surface area contributed by atoms with Crippen molar-refractivity contribution in [2.24, 2.45) is 0 Å². The molecule has 1 aliphatic heterocycles. The number of rotatable bonds is 4. The van der Waals surface area contributed by atoms with Gasteiger partial charge in [-0.15, -0.1) is 0 Å². The molecule has 2 aromatic carbocycles. The molecular formula is C22H25FN2O3. The molecule has 0 saturated carbocycles. The number of hydrogen-bond donors (Lipinski definition) is 0. The SMILES string of the molecule is COc1ccccc1C(=O)N1CCN(C(=O)C(C)(C)c2ccc(F)cc2)CC1. The highest BCUT2D eigenvalue weighted by molar-refractivity contribution is 5.97. The molecule has 148 valence electrons. The first-order valence-corrected chi connectivity index (χ1v) is 9.32. The number of benzene rings is 2. The number of nitrogens with zero attached hydrogens (tertiary/aromatic N) is 2. The predicted molar refractivity (Wildman–Crippen MR) is 105 cm³/mol. The van der Waals surface area contributed by atoms with Crippen molar-refractivity contribution in [1.29, 1.82) is 0 Å². The first-order chi connectivity index (χ1) is 13.3. The molecule has 3 rings (SSSR count). The van der Waals surface area contributed by atoms with E-state index in [1.807, 2.05) is 19.9 Å². The fourth-order valence-electron chi connectivity index (χ4n) is 3.49. The van der Waals surface area contributed by atoms with Crippen molar-refractivity contribution < 1.29 is 18.7 Å². The van der Waals surface area contributed by atoms with Crippen molar-refractivity contribution in [2.75, 3.05) is 33.3 Å². The molecule has 0 aliphatic carbocycles. The molecule has 1 heterocycles. The summed E-state index contributed by atoms with van der Waals surface area (Å²) in [6, 6.07) is 13.2. The Hall–Kier alpha value is -2.89. The Labute approximate surface area is 164 Å². The predicted octanol–water partition coefficient (Wildman–Crippen LogP) is 3.10. The lowest BCUT2D eigenvalue weighted by molar-refractivity contribution is -0.137. The zero-order chi connectivity index (χ0) is 20.3. The topological polar surface area (TPSA) is 49.9 Å². The highest BCUT2D eigenvalue weighted by Crippen LogP contribution is 2.27. The van der Waals surface area contributed by atoms with Gasteiger partial charge < -0.3 is 14.5 Å². The highest BCUT2D eigenvalue weighted by Gasteiger charge is 2.36. The molecule has 2 amide bonds. The molecule has 0 bridgehead atoms. The molecule has 0 aromatic heterocycles. The van der Waals surface area contributed by atoms with Gasteiger partial charge in [-0.25, -0.2) is 4.39 Å². The second-order valence-electron chi connectivity index (χ2n) is 7.42. The molecule has 28 heavy (non-hydrogen) atoms. The van der Waals surface area contributed by atoms with Gasteiger partial charge in [0.1, 0.15) is 11.6 Å². The van der Waals surface area contributed by atoms with E-state index < -0.39 is 5.41 Å². The minimum Gasteiger partial charge on any atom is -0.496 e. The van der Waals surface area contributed by atoms with E-state index in [1.165, 1.54) is 12.1 Å². The van der Waals surface area contributed by atoms with Crippen LogP contribution in [0.2, 0.25) is 0 Å². The van der Waals surface area contributed by atoms with Crippen molar-refractivity contribution >= 4 is 11.8 Å². The molecule has 5 nitrogen and oxygen atoms in total. The number of carbonyl (C=O) groups is 2. The second-order valence-corrected chi connectivity index (χ2v) is 7.42. The Bertz CT molecular complexity index is 856. The summed E-state index contributed by atoms with van der Waals surface area (Å²) in [5.74, 6) is 0.102. The van der Waals surface area contributed by atoms with E-state index in [1.54, 1.807) is 47.2 Å². The molecule has 0 atom stereocenters. The number of ether oxygens (including phenoxy) is 1. The molecule has 6 heteroatoms. The third kappa shape index (κ3) is 3.86. The van der Waals surface area contributed by atoms with Crippen LogP contribution in [0.3, 0.4) is 0 Å². The monoisotopic (exact) mass is 384 g/mol. The fourth-order valence-corrected chi connectivity index (χ4v) is 3.49. The minimum absolute atomic E-state index is 0.0245. The molecule has 0 unspecified atom stereocenters. The van der Waals surface area contributed by atoms with Crippen LogP contribution in [0.15, 0.2) is 48.5 Å². The molecule has 0 N–H and O–H groups in total. The van der Waals surface area contributed by atoms with Gasteiger partial charge in [0, 0.05) is 26.2 Å². The van der Waals surface area contributed by atoms with E-state index in [2.05, 4.69) is 0 Å². The van der Waals surface area contributed by atoms with Crippen LogP contribution < -0.4 is 4.74 Å². The number of carbonyl (C=O) groups excluding carboxylic acids is 2. The summed E-state index contributed by atoms with van der Waals surface area (Å²) in [6.07, 6.45) is 0. The Kier molecular flexibility index (Phi) is 5.68. The van der Waals surface area contributed by atoms with Crippen LogP contribution in [-0.4, -0.2) is 54.9 Å². The summed E-state index contributed by atoms with van der Waals surface area (Å²) < 4.78 is 18.5. The first kappa shape index (κ1) is 19.9. The maximum atomic E-state index is 13.2. The number of methoxy groups -OCH3 is 1. The quantitative estimate of drug-likeness (QED) is 0.814. The zero-order valence-corrected chi connectivity index (χ0v) is 16.4. The molecule has 1 fully saturated rings. The van der Waals surface area contributed by atoms with Crippen LogP contribution in [-0.2, 0) is 10.2 Å². The Morgan fingerprint density at radius 2 is 1.50 bits per heavy atom. The van der Waals surface area contributed by atoms with Gasteiger partial charge in [0.2, 0.25) is 5.91 Å². The Morgan fingerprint density at radius 1 is 0.929 bits per heavy atom. The van der Waals surface area contributed by atoms with Gasteiger partial charge in [-0.05, 0) is 43.7 Å². The fraction of sp³-hybridized carbons (Fsp3) is 0.364. The number of hydrogen-bond acceptors (Lipinski definition) is 3. The zero-order valence-electron chi connectivity index (χ0n) is 16.4. The van der Waals surface area contributed by atoms with E-state index in [0.29, 0.717) is 37.5 Å². The van der Waals surface area contributed by atoms with Gasteiger partial charge in [-0.3, -0.25) is 9.59 Å².